The average Bonchev–Trinajstić information content (AvgIpc) is 3.96. The van der Waals surface area contributed by atoms with Gasteiger partial charge < -0.3 is 14.5 Å². The molecule has 6 aromatic carbocycles. The van der Waals surface area contributed by atoms with E-state index in [-0.39, 0.29) is 5.41 Å². The number of pyridine rings is 1. The molecular weight excluding hydrogens is 755 g/mol. The van der Waals surface area contributed by atoms with Crippen molar-refractivity contribution >= 4 is 51.9 Å². The smallest absolute Gasteiger partial charge is 0.185 e. The molecule has 6 heteroatoms. The van der Waals surface area contributed by atoms with E-state index in [1.807, 2.05) is 6.20 Å². The minimum absolute atomic E-state index is 0.00813. The van der Waals surface area contributed by atoms with Crippen molar-refractivity contribution in [2.45, 2.75) is 64.5 Å². The third kappa shape index (κ3) is 6.43. The van der Waals surface area contributed by atoms with Crippen LogP contribution in [0.25, 0.3) is 45.1 Å². The summed E-state index contributed by atoms with van der Waals surface area (Å²) in [6, 6.07) is 54.7. The molecule has 1 atom stereocenters. The van der Waals surface area contributed by atoms with Gasteiger partial charge in [0.05, 0.1) is 28.3 Å². The standard InChI is InChI=1S/C56H51BN4O/c1-5-6-31-57-46-26-17-29-50-53(46)54-47(57)35-43(36-51(54)61(50)52-33-40(30-32-58-52)56(2,3)4)62-42-23-15-22-41(34-42)59-37-60(49-28-14-13-27-48(49)59)55-44(38-18-9-7-10-19-38)24-16-25-45(55)39-20-11-8-12-21-39/h7-25,27-30,32-36,46H,5-6,26,31,37H2,1-4H3. The van der Waals surface area contributed by atoms with Crippen LogP contribution in [0.3, 0.4) is 0 Å². The monoisotopic (exact) mass is 806 g/mol. The summed E-state index contributed by atoms with van der Waals surface area (Å²) >= 11 is 0. The maximum atomic E-state index is 7.03. The molecule has 2 aromatic heterocycles. The van der Waals surface area contributed by atoms with Crippen molar-refractivity contribution in [2.24, 2.45) is 0 Å². The SMILES string of the molecule is CCCCB1c2cc(Oc3cccc(N4CN(c5c(-c6ccccc6)cccc5-c5ccccc5)c5ccccc54)c3)cc3c2c2c(n3-c3cc(C(C)(C)C)ccn3)C=CCC12. The van der Waals surface area contributed by atoms with Crippen LogP contribution in [0.2, 0.25) is 6.32 Å². The predicted molar refractivity (Wildman–Crippen MR) is 261 cm³/mol. The van der Waals surface area contributed by atoms with Crippen LogP contribution in [0, 0.1) is 0 Å². The highest BCUT2D eigenvalue weighted by Crippen LogP contribution is 2.51. The van der Waals surface area contributed by atoms with Crippen molar-refractivity contribution in [3.63, 3.8) is 0 Å². The predicted octanol–water partition coefficient (Wildman–Crippen LogP) is 14.3. The van der Waals surface area contributed by atoms with E-state index in [9.17, 15) is 0 Å². The Labute approximate surface area is 366 Å². The second-order valence-corrected chi connectivity index (χ2v) is 18.2. The Morgan fingerprint density at radius 1 is 0.710 bits per heavy atom. The number of aromatic nitrogens is 2. The number of unbranched alkanes of at least 4 members (excludes halogenated alkanes) is 1. The highest BCUT2D eigenvalue weighted by atomic mass is 16.5. The minimum Gasteiger partial charge on any atom is -0.457 e. The van der Waals surface area contributed by atoms with Gasteiger partial charge in [-0.15, -0.1) is 0 Å². The number of benzene rings is 6. The van der Waals surface area contributed by atoms with Crippen LogP contribution in [0.15, 0.2) is 164 Å². The number of allylic oxidation sites excluding steroid dienone is 1. The van der Waals surface area contributed by atoms with Gasteiger partial charge in [0.15, 0.2) is 6.71 Å². The Bertz CT molecular complexity index is 2940. The second-order valence-electron chi connectivity index (χ2n) is 18.2. The lowest BCUT2D eigenvalue weighted by atomic mass is 9.36. The number of ether oxygens (including phenoxy) is 1. The van der Waals surface area contributed by atoms with E-state index in [1.54, 1.807) is 0 Å². The summed E-state index contributed by atoms with van der Waals surface area (Å²) in [5.41, 5.74) is 16.1. The van der Waals surface area contributed by atoms with Gasteiger partial charge in [0.25, 0.3) is 0 Å². The molecule has 62 heavy (non-hydrogen) atoms. The van der Waals surface area contributed by atoms with Crippen LogP contribution in [0.4, 0.5) is 22.7 Å². The summed E-state index contributed by atoms with van der Waals surface area (Å²) < 4.78 is 9.43. The largest absolute Gasteiger partial charge is 0.457 e. The Balaban J connectivity index is 0.999. The first-order chi connectivity index (χ1) is 30.4. The fourth-order valence-corrected chi connectivity index (χ4v) is 10.4. The molecule has 1 unspecified atom stereocenters. The average molecular weight is 807 g/mol. The van der Waals surface area contributed by atoms with Crippen LogP contribution < -0.4 is 20.0 Å². The van der Waals surface area contributed by atoms with E-state index >= 15 is 0 Å². The molecule has 1 aliphatic carbocycles. The molecule has 0 radical (unpaired) electrons. The van der Waals surface area contributed by atoms with Crippen molar-refractivity contribution in [3.05, 3.63) is 181 Å². The molecule has 0 bridgehead atoms. The third-order valence-electron chi connectivity index (χ3n) is 13.4. The van der Waals surface area contributed by atoms with Gasteiger partial charge in [0.1, 0.15) is 24.0 Å². The lowest BCUT2D eigenvalue weighted by Crippen LogP contribution is -2.33. The number of hydrogen-bond acceptors (Lipinski definition) is 4. The number of para-hydroxylation sites is 3. The molecule has 0 spiro atoms. The highest BCUT2D eigenvalue weighted by Gasteiger charge is 2.42. The molecule has 0 saturated carbocycles. The zero-order chi connectivity index (χ0) is 42.0. The molecular formula is C56H51BN4O. The summed E-state index contributed by atoms with van der Waals surface area (Å²) in [7, 11) is 0. The maximum absolute atomic E-state index is 7.03. The molecule has 304 valence electrons. The van der Waals surface area contributed by atoms with Gasteiger partial charge in [0, 0.05) is 35.1 Å². The van der Waals surface area contributed by atoms with Gasteiger partial charge in [-0.25, -0.2) is 4.98 Å². The van der Waals surface area contributed by atoms with Crippen LogP contribution in [0.5, 0.6) is 11.5 Å². The van der Waals surface area contributed by atoms with Gasteiger partial charge in [-0.05, 0) is 93.8 Å². The lowest BCUT2D eigenvalue weighted by molar-refractivity contribution is 0.483. The van der Waals surface area contributed by atoms with Crippen molar-refractivity contribution in [2.75, 3.05) is 16.5 Å². The number of nitrogens with zero attached hydrogens (tertiary/aromatic N) is 4. The van der Waals surface area contributed by atoms with Crippen LogP contribution in [-0.4, -0.2) is 22.9 Å². The normalized spacial score (nSPS) is 15.2. The molecule has 0 amide bonds. The molecule has 0 fully saturated rings. The van der Waals surface area contributed by atoms with E-state index in [0.717, 1.165) is 35.1 Å². The zero-order valence-corrected chi connectivity index (χ0v) is 36.1. The first kappa shape index (κ1) is 38.2. The van der Waals surface area contributed by atoms with E-state index < -0.39 is 0 Å². The Morgan fingerprint density at radius 3 is 2.11 bits per heavy atom. The lowest BCUT2D eigenvalue weighted by Gasteiger charge is -2.27. The fourth-order valence-electron chi connectivity index (χ4n) is 10.4. The van der Waals surface area contributed by atoms with Crippen molar-refractivity contribution in [3.8, 4) is 39.6 Å². The topological polar surface area (TPSA) is 33.5 Å². The molecule has 0 saturated heterocycles. The number of fused-ring (bicyclic) bond motifs is 1. The summed E-state index contributed by atoms with van der Waals surface area (Å²) in [6.07, 6.45) is 11.4. The third-order valence-corrected chi connectivity index (χ3v) is 13.4. The van der Waals surface area contributed by atoms with Gasteiger partial charge in [-0.1, -0.05) is 155 Å². The van der Waals surface area contributed by atoms with Gasteiger partial charge in [-0.2, -0.15) is 0 Å². The van der Waals surface area contributed by atoms with Crippen LogP contribution in [-0.2, 0) is 5.41 Å². The Kier molecular flexibility index (Phi) is 9.41. The minimum atomic E-state index is 0.00813. The van der Waals surface area contributed by atoms with Gasteiger partial charge in [-0.3, -0.25) is 4.57 Å². The van der Waals surface area contributed by atoms with E-state index in [4.69, 9.17) is 9.72 Å². The molecule has 2 aliphatic heterocycles. The number of rotatable bonds is 10. The van der Waals surface area contributed by atoms with Crippen molar-refractivity contribution in [1.29, 1.82) is 0 Å². The summed E-state index contributed by atoms with van der Waals surface area (Å²) in [5, 5.41) is 1.40. The van der Waals surface area contributed by atoms with Crippen LogP contribution in [0.1, 0.15) is 69.6 Å². The van der Waals surface area contributed by atoms with E-state index in [0.29, 0.717) is 19.2 Å². The zero-order valence-electron chi connectivity index (χ0n) is 36.1. The van der Waals surface area contributed by atoms with Crippen LogP contribution >= 0.6 is 0 Å². The van der Waals surface area contributed by atoms with E-state index in [1.165, 1.54) is 86.0 Å². The molecule has 3 aliphatic rings. The molecule has 5 nitrogen and oxygen atoms in total. The van der Waals surface area contributed by atoms with Gasteiger partial charge in [0.2, 0.25) is 0 Å². The Morgan fingerprint density at radius 2 is 1.40 bits per heavy atom. The first-order valence-electron chi connectivity index (χ1n) is 22.4. The first-order valence-corrected chi connectivity index (χ1v) is 22.4. The van der Waals surface area contributed by atoms with Crippen molar-refractivity contribution < 1.29 is 4.74 Å². The quantitative estimate of drug-likeness (QED) is 0.129. The second kappa shape index (κ2) is 15.3. The Hall–Kier alpha value is -6.79. The van der Waals surface area contributed by atoms with E-state index in [2.05, 4.69) is 206 Å². The fraction of sp³-hybridized carbons (Fsp3) is 0.196. The highest BCUT2D eigenvalue weighted by molar-refractivity contribution is 6.79. The number of hydrogen-bond donors (Lipinski definition) is 0. The number of anilines is 4. The van der Waals surface area contributed by atoms with Gasteiger partial charge >= 0.3 is 0 Å². The molecule has 11 rings (SSSR count). The molecule has 8 aromatic rings. The summed E-state index contributed by atoms with van der Waals surface area (Å²) in [5.74, 6) is 3.12. The summed E-state index contributed by atoms with van der Waals surface area (Å²) in [4.78, 5) is 9.91. The maximum Gasteiger partial charge on any atom is 0.185 e. The van der Waals surface area contributed by atoms with Crippen molar-refractivity contribution in [1.82, 2.24) is 9.55 Å². The summed E-state index contributed by atoms with van der Waals surface area (Å²) in [6.45, 7) is 10.2. The molecule has 0 N–H and O–H groups in total. The molecule has 4 heterocycles.